The first-order valence-electron chi connectivity index (χ1n) is 12.2. The minimum absolute atomic E-state index is 0.00893. The van der Waals surface area contributed by atoms with Crippen molar-refractivity contribution < 1.29 is 19.1 Å². The summed E-state index contributed by atoms with van der Waals surface area (Å²) in [4.78, 5) is 51.6. The average molecular weight is 518 g/mol. The summed E-state index contributed by atoms with van der Waals surface area (Å²) >= 11 is 1.46. The number of likely N-dealkylation sites (tertiary alicyclic amines) is 1. The van der Waals surface area contributed by atoms with Gasteiger partial charge in [0, 0.05) is 42.8 Å². The highest BCUT2D eigenvalue weighted by Crippen LogP contribution is 2.31. The standard InChI is InChI=1S/C27H27N5O4S/c1-36-19-8-6-17(7-9-19)23(33)10-11-24(34)32-14-12-18(13-15-32)26-28-22(16-37-26)25(35)31-27-29-20-4-2-3-5-21(20)30-27/h2-9,16,18H,10-15H2,1H3,(H2,29,30,31,35). The number of fused-ring (bicyclic) bond motifs is 1. The van der Waals surface area contributed by atoms with Crippen molar-refractivity contribution in [2.75, 3.05) is 25.5 Å². The molecule has 0 bridgehead atoms. The lowest BCUT2D eigenvalue weighted by Crippen LogP contribution is -2.38. The number of para-hydroxylation sites is 2. The topological polar surface area (TPSA) is 117 Å². The van der Waals surface area contributed by atoms with E-state index in [1.54, 1.807) is 36.8 Å². The van der Waals surface area contributed by atoms with Crippen LogP contribution in [0, 0.1) is 0 Å². The highest BCUT2D eigenvalue weighted by atomic mass is 32.1. The first-order valence-corrected chi connectivity index (χ1v) is 13.0. The SMILES string of the molecule is COc1ccc(C(=O)CCC(=O)N2CCC(c3nc(C(=O)Nc4nc5ccccc5[nH]4)cs3)CC2)cc1. The number of hydrogen-bond donors (Lipinski definition) is 2. The van der Waals surface area contributed by atoms with E-state index in [4.69, 9.17) is 4.74 Å². The monoisotopic (exact) mass is 517 g/mol. The summed E-state index contributed by atoms with van der Waals surface area (Å²) in [5.74, 6) is 0.902. The fourth-order valence-electron chi connectivity index (χ4n) is 4.44. The number of ether oxygens (including phenoxy) is 1. The molecule has 3 heterocycles. The second-order valence-electron chi connectivity index (χ2n) is 8.93. The van der Waals surface area contributed by atoms with Crippen LogP contribution in [0.4, 0.5) is 5.95 Å². The molecule has 2 aromatic carbocycles. The molecule has 1 aliphatic heterocycles. The normalized spacial score (nSPS) is 14.0. The van der Waals surface area contributed by atoms with E-state index in [9.17, 15) is 14.4 Å². The number of hydrogen-bond acceptors (Lipinski definition) is 7. The Balaban J connectivity index is 1.10. The Hall–Kier alpha value is -4.05. The minimum atomic E-state index is -0.310. The number of ketones is 1. The fraction of sp³-hybridized carbons (Fsp3) is 0.296. The number of H-pyrrole nitrogens is 1. The summed E-state index contributed by atoms with van der Waals surface area (Å²) in [5.41, 5.74) is 2.57. The molecule has 2 aromatic heterocycles. The smallest absolute Gasteiger partial charge is 0.277 e. The Morgan fingerprint density at radius 1 is 1.05 bits per heavy atom. The van der Waals surface area contributed by atoms with E-state index in [1.165, 1.54) is 11.3 Å². The number of piperidine rings is 1. The molecule has 190 valence electrons. The van der Waals surface area contributed by atoms with Crippen LogP contribution in [0.5, 0.6) is 5.75 Å². The summed E-state index contributed by atoms with van der Waals surface area (Å²) in [6, 6.07) is 14.5. The van der Waals surface area contributed by atoms with E-state index in [-0.39, 0.29) is 36.4 Å². The van der Waals surface area contributed by atoms with Crippen LogP contribution in [-0.2, 0) is 4.79 Å². The van der Waals surface area contributed by atoms with Crippen LogP contribution in [0.1, 0.15) is 57.5 Å². The van der Waals surface area contributed by atoms with Crippen LogP contribution >= 0.6 is 11.3 Å². The molecular weight excluding hydrogens is 490 g/mol. The predicted octanol–water partition coefficient (Wildman–Crippen LogP) is 4.65. The van der Waals surface area contributed by atoms with Crippen LogP contribution in [0.2, 0.25) is 0 Å². The maximum Gasteiger partial charge on any atom is 0.277 e. The maximum atomic E-state index is 12.7. The molecule has 10 heteroatoms. The molecule has 0 radical (unpaired) electrons. The average Bonchev–Trinajstić information content (AvgIpc) is 3.59. The summed E-state index contributed by atoms with van der Waals surface area (Å²) < 4.78 is 5.11. The zero-order chi connectivity index (χ0) is 25.8. The zero-order valence-corrected chi connectivity index (χ0v) is 21.2. The summed E-state index contributed by atoms with van der Waals surface area (Å²) in [6.07, 6.45) is 1.92. The predicted molar refractivity (Wildman–Crippen MR) is 141 cm³/mol. The number of imidazole rings is 1. The van der Waals surface area contributed by atoms with Gasteiger partial charge in [0.1, 0.15) is 11.4 Å². The van der Waals surface area contributed by atoms with Crippen molar-refractivity contribution in [1.29, 1.82) is 0 Å². The molecule has 0 atom stereocenters. The lowest BCUT2D eigenvalue weighted by Gasteiger charge is -2.31. The van der Waals surface area contributed by atoms with Crippen LogP contribution in [0.3, 0.4) is 0 Å². The molecule has 1 aliphatic rings. The molecule has 1 fully saturated rings. The van der Waals surface area contributed by atoms with Crippen LogP contribution < -0.4 is 10.1 Å². The number of aromatic nitrogens is 3. The van der Waals surface area contributed by atoms with E-state index >= 15 is 0 Å². The number of anilines is 1. The van der Waals surface area contributed by atoms with E-state index in [0.717, 1.165) is 28.9 Å². The number of carbonyl (C=O) groups excluding carboxylic acids is 3. The molecule has 9 nitrogen and oxygen atoms in total. The molecular formula is C27H27N5O4S. The summed E-state index contributed by atoms with van der Waals surface area (Å²) in [6.45, 7) is 1.22. The van der Waals surface area contributed by atoms with Gasteiger partial charge in [0.25, 0.3) is 5.91 Å². The molecule has 2 amide bonds. The lowest BCUT2D eigenvalue weighted by atomic mass is 9.97. The van der Waals surface area contributed by atoms with Gasteiger partial charge in [0.2, 0.25) is 11.9 Å². The van der Waals surface area contributed by atoms with Gasteiger partial charge in [-0.2, -0.15) is 0 Å². The Labute approximate surface area is 217 Å². The van der Waals surface area contributed by atoms with Crippen molar-refractivity contribution in [3.05, 3.63) is 70.2 Å². The van der Waals surface area contributed by atoms with Crippen molar-refractivity contribution in [2.24, 2.45) is 0 Å². The third kappa shape index (κ3) is 5.69. The van der Waals surface area contributed by atoms with Crippen molar-refractivity contribution >= 4 is 45.9 Å². The number of amides is 2. The highest BCUT2D eigenvalue weighted by molar-refractivity contribution is 7.10. The quantitative estimate of drug-likeness (QED) is 0.329. The number of aromatic amines is 1. The third-order valence-electron chi connectivity index (χ3n) is 6.55. The molecule has 0 saturated carbocycles. The van der Waals surface area contributed by atoms with Crippen molar-refractivity contribution in [1.82, 2.24) is 19.9 Å². The van der Waals surface area contributed by atoms with Crippen LogP contribution in [-0.4, -0.2) is 57.6 Å². The lowest BCUT2D eigenvalue weighted by molar-refractivity contribution is -0.132. The van der Waals surface area contributed by atoms with Gasteiger partial charge in [-0.25, -0.2) is 9.97 Å². The van der Waals surface area contributed by atoms with Gasteiger partial charge in [0.05, 0.1) is 23.2 Å². The van der Waals surface area contributed by atoms with Crippen LogP contribution in [0.15, 0.2) is 53.9 Å². The Bertz CT molecular complexity index is 1390. The third-order valence-corrected chi connectivity index (χ3v) is 7.56. The number of Topliss-reactive ketones (excluding diaryl/α,β-unsaturated/α-hetero) is 1. The van der Waals surface area contributed by atoms with Gasteiger partial charge in [-0.1, -0.05) is 12.1 Å². The minimum Gasteiger partial charge on any atom is -0.497 e. The van der Waals surface area contributed by atoms with Gasteiger partial charge in [0.15, 0.2) is 5.78 Å². The fourth-order valence-corrected chi connectivity index (χ4v) is 5.41. The largest absolute Gasteiger partial charge is 0.497 e. The van der Waals surface area contributed by atoms with Crippen molar-refractivity contribution in [3.63, 3.8) is 0 Å². The zero-order valence-electron chi connectivity index (χ0n) is 20.4. The molecule has 0 spiro atoms. The first kappa shape index (κ1) is 24.6. The van der Waals surface area contributed by atoms with Gasteiger partial charge < -0.3 is 14.6 Å². The Kier molecular flexibility index (Phi) is 7.27. The maximum absolute atomic E-state index is 12.7. The van der Waals surface area contributed by atoms with E-state index in [2.05, 4.69) is 20.3 Å². The number of methoxy groups -OCH3 is 1. The number of thiazole rings is 1. The molecule has 37 heavy (non-hydrogen) atoms. The van der Waals surface area contributed by atoms with Gasteiger partial charge in [-0.3, -0.25) is 19.7 Å². The number of rotatable bonds is 8. The van der Waals surface area contributed by atoms with Crippen LogP contribution in [0.25, 0.3) is 11.0 Å². The van der Waals surface area contributed by atoms with E-state index in [1.807, 2.05) is 29.2 Å². The second-order valence-corrected chi connectivity index (χ2v) is 9.82. The second kappa shape index (κ2) is 10.9. The first-order chi connectivity index (χ1) is 18.0. The Morgan fingerprint density at radius 3 is 2.54 bits per heavy atom. The summed E-state index contributed by atoms with van der Waals surface area (Å²) in [5, 5.41) is 5.44. The summed E-state index contributed by atoms with van der Waals surface area (Å²) in [7, 11) is 1.58. The van der Waals surface area contributed by atoms with E-state index < -0.39 is 0 Å². The molecule has 1 saturated heterocycles. The van der Waals surface area contributed by atoms with Gasteiger partial charge >= 0.3 is 0 Å². The molecule has 0 aliphatic carbocycles. The Morgan fingerprint density at radius 2 is 1.81 bits per heavy atom. The van der Waals surface area contributed by atoms with Crippen molar-refractivity contribution in [3.8, 4) is 5.75 Å². The van der Waals surface area contributed by atoms with Crippen molar-refractivity contribution in [2.45, 2.75) is 31.6 Å². The molecule has 5 rings (SSSR count). The van der Waals surface area contributed by atoms with Gasteiger partial charge in [-0.05, 0) is 49.2 Å². The molecule has 4 aromatic rings. The molecule has 0 unspecified atom stereocenters. The number of nitrogens with one attached hydrogen (secondary N) is 2. The highest BCUT2D eigenvalue weighted by Gasteiger charge is 2.26. The molecule has 2 N–H and O–H groups in total. The number of benzene rings is 2. The number of nitrogens with zero attached hydrogens (tertiary/aromatic N) is 3. The van der Waals surface area contributed by atoms with Gasteiger partial charge in [-0.15, -0.1) is 11.3 Å². The van der Waals surface area contributed by atoms with E-state index in [0.29, 0.717) is 36.0 Å². The number of carbonyl (C=O) groups is 3.